The fourth-order valence-corrected chi connectivity index (χ4v) is 3.00. The molecule has 0 aliphatic heterocycles. The minimum atomic E-state index is -4.73. The van der Waals surface area contributed by atoms with Gasteiger partial charge in [-0.25, -0.2) is 10.6 Å². The van der Waals surface area contributed by atoms with Gasteiger partial charge in [-0.1, -0.05) is 0 Å². The van der Waals surface area contributed by atoms with Crippen molar-refractivity contribution in [2.45, 2.75) is 6.18 Å². The maximum atomic E-state index is 13.5. The molecule has 0 aliphatic carbocycles. The summed E-state index contributed by atoms with van der Waals surface area (Å²) in [6.45, 7) is 0. The lowest BCUT2D eigenvalue weighted by Crippen LogP contribution is -2.27. The number of nitrogens with one attached hydrogen (secondary N) is 3. The predicted molar refractivity (Wildman–Crippen MR) is 128 cm³/mol. The molecule has 0 saturated carbocycles. The topological polar surface area (TPSA) is 148 Å². The molecule has 0 aliphatic rings. The van der Waals surface area contributed by atoms with Crippen LogP contribution in [0.25, 0.3) is 0 Å². The summed E-state index contributed by atoms with van der Waals surface area (Å²) in [6, 6.07) is 11.6. The minimum absolute atomic E-state index is 0.0988. The summed E-state index contributed by atoms with van der Waals surface area (Å²) in [7, 11) is 1.48. The Kier molecular flexibility index (Phi) is 7.96. The van der Waals surface area contributed by atoms with Gasteiger partial charge in [-0.15, -0.1) is 0 Å². The van der Waals surface area contributed by atoms with Crippen molar-refractivity contribution < 1.29 is 27.5 Å². The Labute approximate surface area is 203 Å². The van der Waals surface area contributed by atoms with E-state index in [1.54, 1.807) is 18.2 Å². The Morgan fingerprint density at radius 3 is 2.31 bits per heavy atom. The van der Waals surface area contributed by atoms with Crippen LogP contribution in [0.2, 0.25) is 0 Å². The van der Waals surface area contributed by atoms with Crippen LogP contribution in [-0.4, -0.2) is 24.0 Å². The molecular formula is C23H22F3N7O3. The molecule has 10 nitrogen and oxygen atoms in total. The van der Waals surface area contributed by atoms with Crippen molar-refractivity contribution >= 4 is 29.0 Å². The van der Waals surface area contributed by atoms with Gasteiger partial charge < -0.3 is 26.4 Å². The average molecular weight is 501 g/mol. The number of halogens is 3. The van der Waals surface area contributed by atoms with Crippen molar-refractivity contribution in [2.24, 2.45) is 11.6 Å². The number of hydrazine groups is 1. The fraction of sp³-hybridized carbons (Fsp3) is 0.0870. The molecule has 1 aromatic heterocycles. The van der Waals surface area contributed by atoms with Crippen LogP contribution in [0.5, 0.6) is 11.5 Å². The van der Waals surface area contributed by atoms with E-state index in [0.717, 1.165) is 29.5 Å². The molecule has 3 aromatic rings. The van der Waals surface area contributed by atoms with E-state index in [9.17, 15) is 22.8 Å². The number of nitrogens with two attached hydrogens (primary N) is 2. The van der Waals surface area contributed by atoms with Crippen LogP contribution in [0.15, 0.2) is 73.2 Å². The lowest BCUT2D eigenvalue weighted by atomic mass is 10.1. The molecule has 0 spiro atoms. The standard InChI is InChI=1S/C23H22F3N7O3/c1-29-21(34)19-13-17(8-10-30-19)36-16-5-2-14(3-6-16)31-22(35)32-15-4-7-20(33(28)11-9-27)18(12-15)23(24,25)26/h2-13H,27-28H2,1H3,(H,29,34)(H2,31,32,35)/b11-9-. The first-order valence-corrected chi connectivity index (χ1v) is 10.3. The van der Waals surface area contributed by atoms with Gasteiger partial charge in [-0.05, 0) is 48.5 Å². The Morgan fingerprint density at radius 2 is 1.67 bits per heavy atom. The number of carbonyl (C=O) groups is 2. The highest BCUT2D eigenvalue weighted by Gasteiger charge is 2.35. The monoisotopic (exact) mass is 501 g/mol. The molecule has 13 heteroatoms. The van der Waals surface area contributed by atoms with Crippen molar-refractivity contribution in [1.29, 1.82) is 0 Å². The number of aromatic nitrogens is 1. The summed E-state index contributed by atoms with van der Waals surface area (Å²) in [5.41, 5.74) is 4.23. The molecule has 0 radical (unpaired) electrons. The number of ether oxygens (including phenoxy) is 1. The number of anilines is 3. The highest BCUT2D eigenvalue weighted by molar-refractivity contribution is 6.00. The molecule has 0 saturated heterocycles. The Hall–Kier alpha value is -4.78. The SMILES string of the molecule is CNC(=O)c1cc(Oc2ccc(NC(=O)Nc3ccc(N(N)/C=C\N)c(C(F)(F)F)c3)cc2)ccn1. The first-order valence-electron chi connectivity index (χ1n) is 10.3. The van der Waals surface area contributed by atoms with Crippen molar-refractivity contribution in [1.82, 2.24) is 10.3 Å². The molecule has 0 atom stereocenters. The molecule has 3 rings (SSSR count). The van der Waals surface area contributed by atoms with Crippen molar-refractivity contribution in [2.75, 3.05) is 22.7 Å². The lowest BCUT2D eigenvalue weighted by molar-refractivity contribution is -0.137. The normalized spacial score (nSPS) is 11.1. The molecular weight excluding hydrogens is 479 g/mol. The molecule has 188 valence electrons. The van der Waals surface area contributed by atoms with Crippen molar-refractivity contribution in [3.63, 3.8) is 0 Å². The largest absolute Gasteiger partial charge is 0.457 e. The number of nitrogens with zero attached hydrogens (tertiary/aromatic N) is 2. The Morgan fingerprint density at radius 1 is 1.00 bits per heavy atom. The second kappa shape index (κ2) is 11.1. The van der Waals surface area contributed by atoms with Crippen LogP contribution >= 0.6 is 0 Å². The van der Waals surface area contributed by atoms with Gasteiger partial charge >= 0.3 is 12.2 Å². The highest BCUT2D eigenvalue weighted by atomic mass is 19.4. The Balaban J connectivity index is 1.67. The van der Waals surface area contributed by atoms with E-state index >= 15 is 0 Å². The van der Waals surface area contributed by atoms with Gasteiger partial charge in [-0.3, -0.25) is 14.8 Å². The fourth-order valence-electron chi connectivity index (χ4n) is 3.00. The highest BCUT2D eigenvalue weighted by Crippen LogP contribution is 2.37. The predicted octanol–water partition coefficient (Wildman–Crippen LogP) is 4.01. The maximum Gasteiger partial charge on any atom is 0.418 e. The van der Waals surface area contributed by atoms with Gasteiger partial charge in [-0.2, -0.15) is 13.2 Å². The van der Waals surface area contributed by atoms with E-state index in [4.69, 9.17) is 16.3 Å². The number of hydrogen-bond donors (Lipinski definition) is 5. The van der Waals surface area contributed by atoms with Crippen LogP contribution in [0.4, 0.5) is 35.0 Å². The third-order valence-corrected chi connectivity index (χ3v) is 4.62. The summed E-state index contributed by atoms with van der Waals surface area (Å²) in [4.78, 5) is 28.0. The smallest absolute Gasteiger partial charge is 0.418 e. The quantitative estimate of drug-likeness (QED) is 0.243. The zero-order chi connectivity index (χ0) is 26.3. The number of rotatable bonds is 7. The van der Waals surface area contributed by atoms with Crippen molar-refractivity contribution in [3.8, 4) is 11.5 Å². The number of amides is 3. The van der Waals surface area contributed by atoms with Gasteiger partial charge in [0.25, 0.3) is 5.91 Å². The van der Waals surface area contributed by atoms with E-state index in [0.29, 0.717) is 17.2 Å². The zero-order valence-corrected chi connectivity index (χ0v) is 18.8. The van der Waals surface area contributed by atoms with Gasteiger partial charge in [0, 0.05) is 43.1 Å². The van der Waals surface area contributed by atoms with Gasteiger partial charge in [0.05, 0.1) is 11.3 Å². The van der Waals surface area contributed by atoms with Crippen LogP contribution in [0.3, 0.4) is 0 Å². The zero-order valence-electron chi connectivity index (χ0n) is 18.8. The summed E-state index contributed by atoms with van der Waals surface area (Å²) in [5.74, 6) is 6.01. The summed E-state index contributed by atoms with van der Waals surface area (Å²) in [5, 5.41) is 8.05. The molecule has 7 N–H and O–H groups in total. The van der Waals surface area contributed by atoms with Gasteiger partial charge in [0.15, 0.2) is 0 Å². The number of pyridine rings is 1. The molecule has 36 heavy (non-hydrogen) atoms. The Bertz CT molecular complexity index is 1260. The molecule has 1 heterocycles. The van der Waals surface area contributed by atoms with E-state index < -0.39 is 17.8 Å². The minimum Gasteiger partial charge on any atom is -0.457 e. The molecule has 2 aromatic carbocycles. The number of benzene rings is 2. The van der Waals surface area contributed by atoms with E-state index in [2.05, 4.69) is 20.9 Å². The summed E-state index contributed by atoms with van der Waals surface area (Å²) in [6.07, 6.45) is -1.24. The van der Waals surface area contributed by atoms with E-state index in [-0.39, 0.29) is 23.0 Å². The third-order valence-electron chi connectivity index (χ3n) is 4.62. The van der Waals surface area contributed by atoms with Crippen molar-refractivity contribution in [3.05, 3.63) is 84.5 Å². The van der Waals surface area contributed by atoms with E-state index in [1.807, 2.05) is 0 Å². The van der Waals surface area contributed by atoms with Gasteiger partial charge in [0.1, 0.15) is 17.2 Å². The lowest BCUT2D eigenvalue weighted by Gasteiger charge is -2.20. The first kappa shape index (κ1) is 25.8. The van der Waals surface area contributed by atoms with Crippen LogP contribution < -0.4 is 37.3 Å². The van der Waals surface area contributed by atoms with Gasteiger partial charge in [0.2, 0.25) is 0 Å². The summed E-state index contributed by atoms with van der Waals surface area (Å²) >= 11 is 0. The number of carbonyl (C=O) groups excluding carboxylic acids is 2. The molecule has 3 amide bonds. The average Bonchev–Trinajstić information content (AvgIpc) is 2.84. The first-order chi connectivity index (χ1) is 17.1. The summed E-state index contributed by atoms with van der Waals surface area (Å²) < 4.78 is 46.1. The number of alkyl halides is 3. The number of urea groups is 1. The van der Waals surface area contributed by atoms with Crippen LogP contribution in [0.1, 0.15) is 16.1 Å². The second-order valence-electron chi connectivity index (χ2n) is 7.14. The maximum absolute atomic E-state index is 13.5. The van der Waals surface area contributed by atoms with Crippen LogP contribution in [-0.2, 0) is 6.18 Å². The van der Waals surface area contributed by atoms with Crippen LogP contribution in [0, 0.1) is 0 Å². The second-order valence-corrected chi connectivity index (χ2v) is 7.14. The molecule has 0 unspecified atom stereocenters. The molecule has 0 fully saturated rings. The third kappa shape index (κ3) is 6.64. The number of hydrogen-bond acceptors (Lipinski definition) is 7. The van der Waals surface area contributed by atoms with E-state index in [1.165, 1.54) is 37.5 Å². The molecule has 0 bridgehead atoms.